The average Bonchev–Trinajstić information content (AvgIpc) is 3.01. The van der Waals surface area contributed by atoms with Crippen LogP contribution in [0.1, 0.15) is 207 Å². The molecule has 43 heavy (non-hydrogen) atoms. The number of unbranched alkanes of at least 4 members (excludes halogenated alkanes) is 24. The molecule has 0 bridgehead atoms. The van der Waals surface area contributed by atoms with Crippen molar-refractivity contribution in [3.8, 4) is 0 Å². The van der Waals surface area contributed by atoms with E-state index in [0.717, 1.165) is 44.9 Å². The summed E-state index contributed by atoms with van der Waals surface area (Å²) in [4.78, 5) is 26.0. The number of carbonyl (C=O) groups excluding carboxylic acids is 2. The van der Waals surface area contributed by atoms with Crippen molar-refractivity contribution < 1.29 is 19.1 Å². The Balaban J connectivity index is 2.07. The fourth-order valence-electron chi connectivity index (χ4n) is 6.86. The lowest BCUT2D eigenvalue weighted by atomic mass is 9.73. The molecule has 0 aromatic heterocycles. The highest BCUT2D eigenvalue weighted by atomic mass is 16.5. The van der Waals surface area contributed by atoms with Gasteiger partial charge in [-0.15, -0.1) is 0 Å². The highest BCUT2D eigenvalue weighted by Gasteiger charge is 2.42. The van der Waals surface area contributed by atoms with Crippen molar-refractivity contribution in [3.05, 3.63) is 0 Å². The highest BCUT2D eigenvalue weighted by Crippen LogP contribution is 2.36. The van der Waals surface area contributed by atoms with Gasteiger partial charge in [0.1, 0.15) is 0 Å². The van der Waals surface area contributed by atoms with Gasteiger partial charge in [-0.3, -0.25) is 9.59 Å². The zero-order valence-electron chi connectivity index (χ0n) is 29.3. The van der Waals surface area contributed by atoms with Crippen LogP contribution in [0.4, 0.5) is 0 Å². The minimum absolute atomic E-state index is 0.172. The fraction of sp³-hybridized carbons (Fsp3) is 0.949. The molecule has 1 rings (SSSR count). The topological polar surface area (TPSA) is 52.6 Å². The normalized spacial score (nSPS) is 18.5. The van der Waals surface area contributed by atoms with E-state index in [2.05, 4.69) is 20.8 Å². The summed E-state index contributed by atoms with van der Waals surface area (Å²) < 4.78 is 11.4. The van der Waals surface area contributed by atoms with Crippen LogP contribution in [0.2, 0.25) is 0 Å². The molecule has 0 N–H and O–H groups in total. The highest BCUT2D eigenvalue weighted by molar-refractivity contribution is 5.82. The first-order valence-corrected chi connectivity index (χ1v) is 19.4. The number of ether oxygens (including phenoxy) is 2. The lowest BCUT2D eigenvalue weighted by Gasteiger charge is -2.33. The summed E-state index contributed by atoms with van der Waals surface area (Å²) in [6.45, 7) is 7.62. The maximum atomic E-state index is 13.0. The van der Waals surface area contributed by atoms with E-state index in [1.165, 1.54) is 141 Å². The van der Waals surface area contributed by atoms with Crippen molar-refractivity contribution in [1.29, 1.82) is 0 Å². The van der Waals surface area contributed by atoms with E-state index >= 15 is 0 Å². The molecule has 4 nitrogen and oxygen atoms in total. The lowest BCUT2D eigenvalue weighted by molar-refractivity contribution is -0.165. The average molecular weight is 607 g/mol. The van der Waals surface area contributed by atoms with Crippen molar-refractivity contribution in [2.24, 2.45) is 17.8 Å². The van der Waals surface area contributed by atoms with Crippen LogP contribution < -0.4 is 0 Å². The first-order chi connectivity index (χ1) is 21.1. The SMILES string of the molecule is CCCCCCCCCCCCCCCOC(=O)C1CCCC(C)C1C(=O)OCCCCCCCCCCCCCCC. The molecule has 254 valence electrons. The summed E-state index contributed by atoms with van der Waals surface area (Å²) in [6, 6.07) is 0. The molecule has 0 saturated heterocycles. The Kier molecular flexibility index (Phi) is 27.5. The van der Waals surface area contributed by atoms with Gasteiger partial charge in [-0.25, -0.2) is 0 Å². The first kappa shape index (κ1) is 40.0. The molecule has 1 fully saturated rings. The minimum atomic E-state index is -0.338. The second kappa shape index (κ2) is 29.6. The van der Waals surface area contributed by atoms with Crippen LogP contribution in [-0.4, -0.2) is 25.2 Å². The number of hydrogen-bond acceptors (Lipinski definition) is 4. The molecule has 3 unspecified atom stereocenters. The van der Waals surface area contributed by atoms with Crippen molar-refractivity contribution in [3.63, 3.8) is 0 Å². The molecule has 0 aromatic rings. The van der Waals surface area contributed by atoms with Crippen molar-refractivity contribution in [2.75, 3.05) is 13.2 Å². The van der Waals surface area contributed by atoms with E-state index in [4.69, 9.17) is 9.47 Å². The van der Waals surface area contributed by atoms with Gasteiger partial charge in [0.2, 0.25) is 0 Å². The Hall–Kier alpha value is -1.06. The molecule has 0 aliphatic heterocycles. The Labute approximate surface area is 268 Å². The van der Waals surface area contributed by atoms with Gasteiger partial charge in [-0.2, -0.15) is 0 Å². The van der Waals surface area contributed by atoms with E-state index in [1.807, 2.05) is 0 Å². The van der Waals surface area contributed by atoms with E-state index in [1.54, 1.807) is 0 Å². The van der Waals surface area contributed by atoms with Crippen molar-refractivity contribution >= 4 is 11.9 Å². The number of carbonyl (C=O) groups is 2. The quantitative estimate of drug-likeness (QED) is 0.0603. The summed E-state index contributed by atoms with van der Waals surface area (Å²) in [6.07, 6.45) is 36.7. The van der Waals surface area contributed by atoms with Gasteiger partial charge >= 0.3 is 11.9 Å². The molecular formula is C39H74O4. The number of rotatable bonds is 30. The molecule has 1 aliphatic carbocycles. The van der Waals surface area contributed by atoms with E-state index in [9.17, 15) is 9.59 Å². The van der Waals surface area contributed by atoms with Gasteiger partial charge in [0, 0.05) is 0 Å². The molecule has 0 spiro atoms. The van der Waals surface area contributed by atoms with Gasteiger partial charge < -0.3 is 9.47 Å². The molecule has 0 radical (unpaired) electrons. The Morgan fingerprint density at radius 3 is 1.16 bits per heavy atom. The van der Waals surface area contributed by atoms with Crippen LogP contribution in [0.15, 0.2) is 0 Å². The summed E-state index contributed by atoms with van der Waals surface area (Å²) in [5, 5.41) is 0. The number of esters is 2. The molecule has 1 saturated carbocycles. The molecule has 0 heterocycles. The van der Waals surface area contributed by atoms with Crippen LogP contribution in [0.3, 0.4) is 0 Å². The van der Waals surface area contributed by atoms with Crippen LogP contribution in [-0.2, 0) is 19.1 Å². The van der Waals surface area contributed by atoms with Gasteiger partial charge in [-0.1, -0.05) is 181 Å². The van der Waals surface area contributed by atoms with Crippen molar-refractivity contribution in [1.82, 2.24) is 0 Å². The molecule has 4 heteroatoms. The zero-order chi connectivity index (χ0) is 31.2. The lowest BCUT2D eigenvalue weighted by Crippen LogP contribution is -2.39. The summed E-state index contributed by atoms with van der Waals surface area (Å²) in [5.74, 6) is -0.830. The van der Waals surface area contributed by atoms with Crippen LogP contribution in [0.5, 0.6) is 0 Å². The van der Waals surface area contributed by atoms with E-state index in [0.29, 0.717) is 13.2 Å². The molecule has 3 atom stereocenters. The zero-order valence-corrected chi connectivity index (χ0v) is 29.3. The molecule has 0 aromatic carbocycles. The molecule has 0 amide bonds. The molecular weight excluding hydrogens is 532 g/mol. The number of hydrogen-bond donors (Lipinski definition) is 0. The maximum absolute atomic E-state index is 13.0. The Morgan fingerprint density at radius 2 is 0.791 bits per heavy atom. The summed E-state index contributed by atoms with van der Waals surface area (Å²) in [7, 11) is 0. The van der Waals surface area contributed by atoms with Crippen LogP contribution in [0.25, 0.3) is 0 Å². The second-order valence-corrected chi connectivity index (χ2v) is 13.9. The predicted molar refractivity (Wildman–Crippen MR) is 183 cm³/mol. The van der Waals surface area contributed by atoms with E-state index in [-0.39, 0.29) is 29.7 Å². The van der Waals surface area contributed by atoms with Gasteiger partial charge in [0.05, 0.1) is 25.0 Å². The largest absolute Gasteiger partial charge is 0.465 e. The summed E-state index contributed by atoms with van der Waals surface area (Å²) in [5.41, 5.74) is 0. The third-order valence-electron chi connectivity index (χ3n) is 9.78. The van der Waals surface area contributed by atoms with Gasteiger partial charge in [-0.05, 0) is 31.6 Å². The minimum Gasteiger partial charge on any atom is -0.465 e. The third kappa shape index (κ3) is 22.1. The first-order valence-electron chi connectivity index (χ1n) is 19.4. The summed E-state index contributed by atoms with van der Waals surface area (Å²) >= 11 is 0. The predicted octanol–water partition coefficient (Wildman–Crippen LogP) is 12.3. The third-order valence-corrected chi connectivity index (χ3v) is 9.78. The van der Waals surface area contributed by atoms with Crippen LogP contribution >= 0.6 is 0 Å². The van der Waals surface area contributed by atoms with Gasteiger partial charge in [0.15, 0.2) is 0 Å². The monoisotopic (exact) mass is 607 g/mol. The smallest absolute Gasteiger partial charge is 0.310 e. The van der Waals surface area contributed by atoms with E-state index < -0.39 is 0 Å². The van der Waals surface area contributed by atoms with Crippen molar-refractivity contribution in [2.45, 2.75) is 207 Å². The Morgan fingerprint density at radius 1 is 0.465 bits per heavy atom. The standard InChI is InChI=1S/C39H74O4/c1-4-6-8-10-12-14-16-18-20-22-24-26-28-33-42-38(40)36-32-30-31-35(3)37(36)39(41)43-34-29-27-25-23-21-19-17-15-13-11-9-7-5-2/h35-37H,4-34H2,1-3H3. The molecule has 1 aliphatic rings. The maximum Gasteiger partial charge on any atom is 0.310 e. The van der Waals surface area contributed by atoms with Gasteiger partial charge in [0.25, 0.3) is 0 Å². The second-order valence-electron chi connectivity index (χ2n) is 13.9. The Bertz CT molecular complexity index is 633. The fourth-order valence-corrected chi connectivity index (χ4v) is 6.86. The van der Waals surface area contributed by atoms with Crippen LogP contribution in [0, 0.1) is 17.8 Å².